The molecule has 0 aliphatic carbocycles. The second-order valence-corrected chi connectivity index (χ2v) is 4.46. The highest BCUT2D eigenvalue weighted by molar-refractivity contribution is 6.30. The zero-order valence-electron chi connectivity index (χ0n) is 9.35. The number of hydrogen-bond acceptors (Lipinski definition) is 1. The minimum Gasteiger partial charge on any atom is -0.481 e. The van der Waals surface area contributed by atoms with Crippen LogP contribution in [0.5, 0.6) is 0 Å². The van der Waals surface area contributed by atoms with Gasteiger partial charge in [0, 0.05) is 5.02 Å². The van der Waals surface area contributed by atoms with Crippen LogP contribution >= 0.6 is 11.6 Å². The monoisotopic (exact) mass is 238 g/mol. The Kier molecular flexibility index (Phi) is 4.56. The van der Waals surface area contributed by atoms with Crippen molar-refractivity contribution < 1.29 is 9.90 Å². The number of rotatable bonds is 4. The summed E-state index contributed by atoms with van der Waals surface area (Å²) in [5.74, 6) is -1.18. The average Bonchev–Trinajstić information content (AvgIpc) is 2.16. The summed E-state index contributed by atoms with van der Waals surface area (Å²) in [6.07, 6.45) is 3.50. The van der Waals surface area contributed by atoms with Gasteiger partial charge in [0.15, 0.2) is 0 Å². The molecule has 1 rings (SSSR count). The maximum atomic E-state index is 11.0. The normalized spacial score (nSPS) is 13.2. The van der Waals surface area contributed by atoms with Gasteiger partial charge in [-0.3, -0.25) is 4.79 Å². The van der Waals surface area contributed by atoms with E-state index in [1.54, 1.807) is 24.3 Å². The molecule has 0 heterocycles. The van der Waals surface area contributed by atoms with Gasteiger partial charge < -0.3 is 5.11 Å². The fraction of sp³-hybridized carbons (Fsp3) is 0.308. The largest absolute Gasteiger partial charge is 0.481 e. The Bertz CT molecular complexity index is 397. The molecule has 0 aromatic heterocycles. The fourth-order valence-corrected chi connectivity index (χ4v) is 1.61. The Morgan fingerprint density at radius 3 is 2.62 bits per heavy atom. The molecule has 0 saturated heterocycles. The summed E-state index contributed by atoms with van der Waals surface area (Å²) in [5, 5.41) is 9.65. The quantitative estimate of drug-likeness (QED) is 0.868. The van der Waals surface area contributed by atoms with Crippen molar-refractivity contribution in [1.29, 1.82) is 0 Å². The van der Waals surface area contributed by atoms with Crippen molar-refractivity contribution in [2.75, 3.05) is 0 Å². The first-order chi connectivity index (χ1) is 7.50. The highest BCUT2D eigenvalue weighted by atomic mass is 35.5. The van der Waals surface area contributed by atoms with Crippen LogP contribution < -0.4 is 0 Å². The minimum atomic E-state index is -0.798. The molecule has 0 radical (unpaired) electrons. The SMILES string of the molecule is CC(C)C(/C=C/c1cccc(Cl)c1)C(=O)O. The molecular weight excluding hydrogens is 224 g/mol. The molecule has 1 aromatic carbocycles. The van der Waals surface area contributed by atoms with Gasteiger partial charge in [-0.15, -0.1) is 0 Å². The predicted octanol–water partition coefficient (Wildman–Crippen LogP) is 3.71. The smallest absolute Gasteiger partial charge is 0.310 e. The van der Waals surface area contributed by atoms with Crippen molar-refractivity contribution in [3.8, 4) is 0 Å². The van der Waals surface area contributed by atoms with Gasteiger partial charge in [0.05, 0.1) is 5.92 Å². The molecule has 0 saturated carbocycles. The highest BCUT2D eigenvalue weighted by Gasteiger charge is 2.17. The summed E-state index contributed by atoms with van der Waals surface area (Å²) in [5.41, 5.74) is 0.916. The second-order valence-electron chi connectivity index (χ2n) is 4.02. The molecule has 3 heteroatoms. The summed E-state index contributed by atoms with van der Waals surface area (Å²) in [6, 6.07) is 7.32. The Morgan fingerprint density at radius 2 is 2.12 bits per heavy atom. The van der Waals surface area contributed by atoms with Crippen LogP contribution in [0.15, 0.2) is 30.3 Å². The Morgan fingerprint density at radius 1 is 1.44 bits per heavy atom. The first-order valence-corrected chi connectivity index (χ1v) is 5.55. The summed E-state index contributed by atoms with van der Waals surface area (Å²) < 4.78 is 0. The molecule has 0 fully saturated rings. The number of benzene rings is 1. The standard InChI is InChI=1S/C13H15ClO2/c1-9(2)12(13(15)16)7-6-10-4-3-5-11(14)8-10/h3-9,12H,1-2H3,(H,15,16)/b7-6+. The number of carbonyl (C=O) groups is 1. The number of carboxylic acids is 1. The lowest BCUT2D eigenvalue weighted by atomic mass is 9.95. The second kappa shape index (κ2) is 5.71. The third-order valence-electron chi connectivity index (χ3n) is 2.35. The maximum absolute atomic E-state index is 11.0. The van der Waals surface area contributed by atoms with Gasteiger partial charge in [0.25, 0.3) is 0 Å². The van der Waals surface area contributed by atoms with Gasteiger partial charge in [-0.2, -0.15) is 0 Å². The van der Waals surface area contributed by atoms with Crippen molar-refractivity contribution in [3.05, 3.63) is 40.9 Å². The summed E-state index contributed by atoms with van der Waals surface area (Å²) in [6.45, 7) is 3.78. The molecule has 1 N–H and O–H groups in total. The number of aliphatic carboxylic acids is 1. The van der Waals surface area contributed by atoms with Gasteiger partial charge >= 0.3 is 5.97 Å². The van der Waals surface area contributed by atoms with Crippen LogP contribution in [0.2, 0.25) is 5.02 Å². The third kappa shape index (κ3) is 3.70. The Balaban J connectivity index is 2.82. The third-order valence-corrected chi connectivity index (χ3v) is 2.58. The molecule has 86 valence electrons. The zero-order chi connectivity index (χ0) is 12.1. The van der Waals surface area contributed by atoms with Crippen LogP contribution in [0.25, 0.3) is 6.08 Å². The van der Waals surface area contributed by atoms with E-state index < -0.39 is 11.9 Å². The van der Waals surface area contributed by atoms with E-state index in [1.165, 1.54) is 0 Å². The minimum absolute atomic E-state index is 0.0768. The van der Waals surface area contributed by atoms with Gasteiger partial charge in [-0.05, 0) is 23.6 Å². The number of carboxylic acid groups (broad SMARTS) is 1. The van der Waals surface area contributed by atoms with Crippen molar-refractivity contribution in [1.82, 2.24) is 0 Å². The lowest BCUT2D eigenvalue weighted by Gasteiger charge is -2.10. The van der Waals surface area contributed by atoms with Crippen molar-refractivity contribution in [3.63, 3.8) is 0 Å². The van der Waals surface area contributed by atoms with E-state index in [4.69, 9.17) is 16.7 Å². The first kappa shape index (κ1) is 12.8. The van der Waals surface area contributed by atoms with Crippen LogP contribution in [0.1, 0.15) is 19.4 Å². The molecule has 0 aliphatic heterocycles. The molecular formula is C13H15ClO2. The Labute approximate surface area is 101 Å². The maximum Gasteiger partial charge on any atom is 0.310 e. The van der Waals surface area contributed by atoms with Crippen LogP contribution in [-0.4, -0.2) is 11.1 Å². The van der Waals surface area contributed by atoms with E-state index in [9.17, 15) is 4.79 Å². The van der Waals surface area contributed by atoms with E-state index in [-0.39, 0.29) is 5.92 Å². The van der Waals surface area contributed by atoms with Gasteiger partial charge in [0.2, 0.25) is 0 Å². The summed E-state index contributed by atoms with van der Waals surface area (Å²) in [7, 11) is 0. The van der Waals surface area contributed by atoms with Crippen LogP contribution in [0.4, 0.5) is 0 Å². The predicted molar refractivity (Wildman–Crippen MR) is 66.4 cm³/mol. The number of hydrogen-bond donors (Lipinski definition) is 1. The molecule has 0 amide bonds. The fourth-order valence-electron chi connectivity index (χ4n) is 1.41. The van der Waals surface area contributed by atoms with Crippen LogP contribution in [0, 0.1) is 11.8 Å². The molecule has 1 aromatic rings. The van der Waals surface area contributed by atoms with E-state index in [0.717, 1.165) is 5.56 Å². The average molecular weight is 239 g/mol. The molecule has 1 unspecified atom stereocenters. The molecule has 1 atom stereocenters. The zero-order valence-corrected chi connectivity index (χ0v) is 10.1. The van der Waals surface area contributed by atoms with Gasteiger partial charge in [-0.25, -0.2) is 0 Å². The van der Waals surface area contributed by atoms with Crippen LogP contribution in [0.3, 0.4) is 0 Å². The lowest BCUT2D eigenvalue weighted by molar-refractivity contribution is -0.141. The highest BCUT2D eigenvalue weighted by Crippen LogP contribution is 2.16. The van der Waals surface area contributed by atoms with Crippen molar-refractivity contribution >= 4 is 23.6 Å². The van der Waals surface area contributed by atoms with Crippen molar-refractivity contribution in [2.45, 2.75) is 13.8 Å². The van der Waals surface area contributed by atoms with Crippen molar-refractivity contribution in [2.24, 2.45) is 11.8 Å². The van der Waals surface area contributed by atoms with Gasteiger partial charge in [0.1, 0.15) is 0 Å². The summed E-state index contributed by atoms with van der Waals surface area (Å²) in [4.78, 5) is 11.0. The van der Waals surface area contributed by atoms with E-state index >= 15 is 0 Å². The number of halogens is 1. The molecule has 0 spiro atoms. The summed E-state index contributed by atoms with van der Waals surface area (Å²) >= 11 is 5.84. The molecule has 0 bridgehead atoms. The Hall–Kier alpha value is -1.28. The van der Waals surface area contributed by atoms with Crippen LogP contribution in [-0.2, 0) is 4.79 Å². The van der Waals surface area contributed by atoms with E-state index in [1.807, 2.05) is 26.0 Å². The van der Waals surface area contributed by atoms with E-state index in [0.29, 0.717) is 5.02 Å². The molecule has 2 nitrogen and oxygen atoms in total. The molecule has 0 aliphatic rings. The molecule has 16 heavy (non-hydrogen) atoms. The first-order valence-electron chi connectivity index (χ1n) is 5.17. The topological polar surface area (TPSA) is 37.3 Å². The lowest BCUT2D eigenvalue weighted by Crippen LogP contribution is -2.16. The van der Waals surface area contributed by atoms with Gasteiger partial charge in [-0.1, -0.05) is 49.7 Å². The van der Waals surface area contributed by atoms with E-state index in [2.05, 4.69) is 0 Å².